The molecule has 3 N–H and O–H groups in total. The van der Waals surface area contributed by atoms with Crippen molar-refractivity contribution in [1.82, 2.24) is 4.90 Å². The number of methoxy groups -OCH3 is 1. The van der Waals surface area contributed by atoms with Gasteiger partial charge in [-0.15, -0.1) is 0 Å². The van der Waals surface area contributed by atoms with E-state index in [0.29, 0.717) is 28.5 Å². The van der Waals surface area contributed by atoms with Crippen molar-refractivity contribution >= 4 is 17.6 Å². The standard InChI is InChI=1S/C31H28N2O5/c1-37-27-17-12-22-19-33(30(34)28(20-8-4-2-5-9-20)21-10-6-3-7-11-21)26(31(35)36)18-25(22)29(27)38-24-15-13-23(32)14-16-24/h2-17,26,28H,18-19,32H2,1H3,(H,35,36). The summed E-state index contributed by atoms with van der Waals surface area (Å²) in [5.41, 5.74) is 9.53. The van der Waals surface area contributed by atoms with Gasteiger partial charge in [-0.2, -0.15) is 0 Å². The molecule has 0 bridgehead atoms. The van der Waals surface area contributed by atoms with Gasteiger partial charge in [-0.1, -0.05) is 66.7 Å². The molecule has 0 spiro atoms. The van der Waals surface area contributed by atoms with Gasteiger partial charge in [0.25, 0.3) is 0 Å². The molecular formula is C31H28N2O5. The third-order valence-electron chi connectivity index (χ3n) is 6.84. The average Bonchev–Trinajstić information content (AvgIpc) is 2.95. The first-order valence-corrected chi connectivity index (χ1v) is 12.3. The highest BCUT2D eigenvalue weighted by Crippen LogP contribution is 2.42. The zero-order chi connectivity index (χ0) is 26.6. The number of anilines is 1. The van der Waals surface area contributed by atoms with Crippen molar-refractivity contribution in [2.24, 2.45) is 0 Å². The van der Waals surface area contributed by atoms with E-state index < -0.39 is 17.9 Å². The summed E-state index contributed by atoms with van der Waals surface area (Å²) in [7, 11) is 1.54. The number of nitrogens with zero attached hydrogens (tertiary/aromatic N) is 1. The van der Waals surface area contributed by atoms with Gasteiger partial charge in [-0.25, -0.2) is 4.79 Å². The lowest BCUT2D eigenvalue weighted by molar-refractivity contribution is -0.151. The Kier molecular flexibility index (Phi) is 7.00. The molecule has 38 heavy (non-hydrogen) atoms. The summed E-state index contributed by atoms with van der Waals surface area (Å²) in [6, 6.07) is 28.4. The van der Waals surface area contributed by atoms with E-state index in [-0.39, 0.29) is 18.9 Å². The molecule has 192 valence electrons. The third kappa shape index (κ3) is 4.91. The van der Waals surface area contributed by atoms with Crippen LogP contribution in [-0.2, 0) is 22.6 Å². The molecule has 1 atom stereocenters. The summed E-state index contributed by atoms with van der Waals surface area (Å²) >= 11 is 0. The molecule has 4 aromatic carbocycles. The first kappa shape index (κ1) is 24.9. The van der Waals surface area contributed by atoms with Crippen LogP contribution in [0.25, 0.3) is 0 Å². The Hall–Kier alpha value is -4.78. The lowest BCUT2D eigenvalue weighted by Crippen LogP contribution is -2.50. The number of benzene rings is 4. The number of nitrogens with two attached hydrogens (primary N) is 1. The minimum absolute atomic E-state index is 0.0776. The second-order valence-corrected chi connectivity index (χ2v) is 9.18. The molecule has 1 amide bonds. The molecule has 5 rings (SSSR count). The van der Waals surface area contributed by atoms with Crippen LogP contribution in [0.3, 0.4) is 0 Å². The Morgan fingerprint density at radius 3 is 2.05 bits per heavy atom. The van der Waals surface area contributed by atoms with Crippen LogP contribution in [0.4, 0.5) is 5.69 Å². The van der Waals surface area contributed by atoms with Gasteiger partial charge < -0.3 is 25.2 Å². The summed E-state index contributed by atoms with van der Waals surface area (Å²) in [6.45, 7) is 0.128. The summed E-state index contributed by atoms with van der Waals surface area (Å²) < 4.78 is 11.7. The van der Waals surface area contributed by atoms with Crippen LogP contribution in [0.15, 0.2) is 97.1 Å². The molecule has 1 aliphatic heterocycles. The molecular weight excluding hydrogens is 480 g/mol. The summed E-state index contributed by atoms with van der Waals surface area (Å²) in [5.74, 6) is -0.511. The van der Waals surface area contributed by atoms with Gasteiger partial charge in [0.05, 0.1) is 13.0 Å². The van der Waals surface area contributed by atoms with Crippen molar-refractivity contribution in [2.45, 2.75) is 24.9 Å². The fourth-order valence-corrected chi connectivity index (χ4v) is 4.93. The van der Waals surface area contributed by atoms with E-state index in [1.54, 1.807) is 30.3 Å². The van der Waals surface area contributed by atoms with Gasteiger partial charge >= 0.3 is 5.97 Å². The monoisotopic (exact) mass is 508 g/mol. The first-order valence-electron chi connectivity index (χ1n) is 12.3. The number of ether oxygens (including phenoxy) is 2. The smallest absolute Gasteiger partial charge is 0.326 e. The number of carbonyl (C=O) groups excluding carboxylic acids is 1. The van der Waals surface area contributed by atoms with Gasteiger partial charge in [-0.05, 0) is 47.0 Å². The number of amides is 1. The van der Waals surface area contributed by atoms with Crippen molar-refractivity contribution in [1.29, 1.82) is 0 Å². The second-order valence-electron chi connectivity index (χ2n) is 9.18. The Morgan fingerprint density at radius 1 is 0.895 bits per heavy atom. The molecule has 7 heteroatoms. The van der Waals surface area contributed by atoms with Gasteiger partial charge in [-0.3, -0.25) is 4.79 Å². The quantitative estimate of drug-likeness (QED) is 0.331. The molecule has 0 saturated heterocycles. The van der Waals surface area contributed by atoms with Crippen LogP contribution in [-0.4, -0.2) is 35.0 Å². The highest BCUT2D eigenvalue weighted by molar-refractivity contribution is 5.91. The molecule has 7 nitrogen and oxygen atoms in total. The van der Waals surface area contributed by atoms with Crippen molar-refractivity contribution in [3.8, 4) is 17.2 Å². The van der Waals surface area contributed by atoms with Crippen LogP contribution in [0.1, 0.15) is 28.2 Å². The zero-order valence-corrected chi connectivity index (χ0v) is 20.9. The van der Waals surface area contributed by atoms with Gasteiger partial charge in [0.2, 0.25) is 5.91 Å². The van der Waals surface area contributed by atoms with Gasteiger partial charge in [0, 0.05) is 24.2 Å². The molecule has 0 aliphatic carbocycles. The van der Waals surface area contributed by atoms with Crippen molar-refractivity contribution in [2.75, 3.05) is 12.8 Å². The maximum Gasteiger partial charge on any atom is 0.326 e. The second kappa shape index (κ2) is 10.7. The zero-order valence-electron chi connectivity index (χ0n) is 20.9. The lowest BCUT2D eigenvalue weighted by Gasteiger charge is -2.37. The molecule has 1 unspecified atom stereocenters. The Balaban J connectivity index is 1.55. The van der Waals surface area contributed by atoms with E-state index in [4.69, 9.17) is 15.2 Å². The average molecular weight is 509 g/mol. The molecule has 1 heterocycles. The number of rotatable bonds is 7. The largest absolute Gasteiger partial charge is 0.493 e. The van der Waals surface area contributed by atoms with Gasteiger partial charge in [0.1, 0.15) is 11.8 Å². The van der Waals surface area contributed by atoms with Crippen LogP contribution in [0, 0.1) is 0 Å². The summed E-state index contributed by atoms with van der Waals surface area (Å²) in [6.07, 6.45) is 0.0776. The number of carboxylic acids is 1. The fourth-order valence-electron chi connectivity index (χ4n) is 4.93. The number of nitrogen functional groups attached to an aromatic ring is 1. The number of aliphatic carboxylic acids is 1. The molecule has 0 aromatic heterocycles. The van der Waals surface area contributed by atoms with E-state index in [1.165, 1.54) is 12.0 Å². The van der Waals surface area contributed by atoms with Crippen molar-refractivity contribution in [3.63, 3.8) is 0 Å². The number of hydrogen-bond donors (Lipinski definition) is 2. The molecule has 0 saturated carbocycles. The summed E-state index contributed by atoms with van der Waals surface area (Å²) in [5, 5.41) is 10.3. The SMILES string of the molecule is COc1ccc2c(c1Oc1ccc(N)cc1)CC(C(=O)O)N(C(=O)C(c1ccccc1)c1ccccc1)C2. The molecule has 0 fully saturated rings. The topological polar surface area (TPSA) is 102 Å². The number of fused-ring (bicyclic) bond motifs is 1. The van der Waals surface area contributed by atoms with Crippen LogP contribution in [0.2, 0.25) is 0 Å². The number of carboxylic acid groups (broad SMARTS) is 1. The van der Waals surface area contributed by atoms with E-state index in [2.05, 4.69) is 0 Å². The van der Waals surface area contributed by atoms with E-state index in [1.807, 2.05) is 66.7 Å². The van der Waals surface area contributed by atoms with E-state index >= 15 is 0 Å². The minimum Gasteiger partial charge on any atom is -0.493 e. The fraction of sp³-hybridized carbons (Fsp3) is 0.161. The summed E-state index contributed by atoms with van der Waals surface area (Å²) in [4.78, 5) is 28.2. The number of hydrogen-bond acceptors (Lipinski definition) is 5. The molecule has 0 radical (unpaired) electrons. The Bertz CT molecular complexity index is 1400. The van der Waals surface area contributed by atoms with Crippen LogP contribution < -0.4 is 15.2 Å². The number of carbonyl (C=O) groups is 2. The Morgan fingerprint density at radius 2 is 1.50 bits per heavy atom. The highest BCUT2D eigenvalue weighted by atomic mass is 16.5. The van der Waals surface area contributed by atoms with E-state index in [9.17, 15) is 14.7 Å². The molecule has 1 aliphatic rings. The van der Waals surface area contributed by atoms with E-state index in [0.717, 1.165) is 16.7 Å². The maximum absolute atomic E-state index is 14.1. The molecule has 4 aromatic rings. The van der Waals surface area contributed by atoms with Crippen molar-refractivity contribution in [3.05, 3.63) is 119 Å². The predicted octanol–water partition coefficient (Wildman–Crippen LogP) is 5.24. The normalized spacial score (nSPS) is 14.6. The first-order chi connectivity index (χ1) is 18.5. The van der Waals surface area contributed by atoms with Crippen LogP contribution in [0.5, 0.6) is 17.2 Å². The van der Waals surface area contributed by atoms with Gasteiger partial charge in [0.15, 0.2) is 11.5 Å². The van der Waals surface area contributed by atoms with Crippen LogP contribution >= 0.6 is 0 Å². The maximum atomic E-state index is 14.1. The predicted molar refractivity (Wildman–Crippen MR) is 144 cm³/mol. The highest BCUT2D eigenvalue weighted by Gasteiger charge is 2.40. The third-order valence-corrected chi connectivity index (χ3v) is 6.84. The Labute approximate surface area is 221 Å². The minimum atomic E-state index is -1.08. The van der Waals surface area contributed by atoms with Crippen molar-refractivity contribution < 1.29 is 24.2 Å². The lowest BCUT2D eigenvalue weighted by atomic mass is 9.87.